The van der Waals surface area contributed by atoms with Gasteiger partial charge in [-0.2, -0.15) is 0 Å². The first-order valence-electron chi connectivity index (χ1n) is 4.62. The Bertz CT molecular complexity index is 159. The Morgan fingerprint density at radius 3 is 2.83 bits per heavy atom. The molecule has 2 atom stereocenters. The van der Waals surface area contributed by atoms with Gasteiger partial charge in [-0.15, -0.1) is 0 Å². The first-order valence-corrected chi connectivity index (χ1v) is 4.62. The topological polar surface area (TPSA) is 49.3 Å². The molecule has 0 radical (unpaired) electrons. The van der Waals surface area contributed by atoms with Gasteiger partial charge in [0.1, 0.15) is 0 Å². The van der Waals surface area contributed by atoms with Crippen LogP contribution in [-0.4, -0.2) is 24.2 Å². The van der Waals surface area contributed by atoms with Crippen molar-refractivity contribution in [3.05, 3.63) is 0 Å². The van der Waals surface area contributed by atoms with Crippen LogP contribution in [0.25, 0.3) is 0 Å². The SMILES string of the molecule is CC1CCCC1CNCC(=O)O. The van der Waals surface area contributed by atoms with Gasteiger partial charge in [0.05, 0.1) is 6.54 Å². The average Bonchev–Trinajstić information content (AvgIpc) is 2.36. The minimum Gasteiger partial charge on any atom is -0.480 e. The van der Waals surface area contributed by atoms with E-state index < -0.39 is 5.97 Å². The lowest BCUT2D eigenvalue weighted by molar-refractivity contribution is -0.136. The molecule has 0 aromatic carbocycles. The smallest absolute Gasteiger partial charge is 0.317 e. The summed E-state index contributed by atoms with van der Waals surface area (Å²) in [5, 5.41) is 11.3. The van der Waals surface area contributed by atoms with Gasteiger partial charge in [0, 0.05) is 0 Å². The molecule has 0 aromatic rings. The summed E-state index contributed by atoms with van der Waals surface area (Å²) in [6.07, 6.45) is 3.87. The molecule has 0 amide bonds. The summed E-state index contributed by atoms with van der Waals surface area (Å²) in [6.45, 7) is 3.22. The number of hydrogen-bond donors (Lipinski definition) is 2. The van der Waals surface area contributed by atoms with Crippen molar-refractivity contribution in [3.63, 3.8) is 0 Å². The van der Waals surface area contributed by atoms with Crippen LogP contribution < -0.4 is 5.32 Å². The first-order chi connectivity index (χ1) is 5.70. The van der Waals surface area contributed by atoms with Crippen LogP contribution in [0.5, 0.6) is 0 Å². The molecular formula is C9H17NO2. The second kappa shape index (κ2) is 4.45. The van der Waals surface area contributed by atoms with Crippen molar-refractivity contribution in [2.75, 3.05) is 13.1 Å². The van der Waals surface area contributed by atoms with Crippen molar-refractivity contribution < 1.29 is 9.90 Å². The van der Waals surface area contributed by atoms with Crippen molar-refractivity contribution in [1.29, 1.82) is 0 Å². The highest BCUT2D eigenvalue weighted by Gasteiger charge is 2.22. The van der Waals surface area contributed by atoms with Crippen molar-refractivity contribution in [3.8, 4) is 0 Å². The molecule has 0 aliphatic heterocycles. The zero-order chi connectivity index (χ0) is 8.97. The maximum absolute atomic E-state index is 10.2. The van der Waals surface area contributed by atoms with Gasteiger partial charge in [-0.1, -0.05) is 19.8 Å². The maximum Gasteiger partial charge on any atom is 0.317 e. The molecule has 0 saturated heterocycles. The summed E-state index contributed by atoms with van der Waals surface area (Å²) < 4.78 is 0. The van der Waals surface area contributed by atoms with E-state index in [9.17, 15) is 4.79 Å². The number of nitrogens with one attached hydrogen (secondary N) is 1. The molecule has 3 heteroatoms. The molecule has 0 spiro atoms. The van der Waals surface area contributed by atoms with Crippen LogP contribution in [0, 0.1) is 11.8 Å². The fourth-order valence-electron chi connectivity index (χ4n) is 1.89. The zero-order valence-electron chi connectivity index (χ0n) is 7.55. The largest absolute Gasteiger partial charge is 0.480 e. The number of aliphatic carboxylic acids is 1. The van der Waals surface area contributed by atoms with Gasteiger partial charge in [-0.3, -0.25) is 4.79 Å². The lowest BCUT2D eigenvalue weighted by atomic mass is 9.98. The van der Waals surface area contributed by atoms with E-state index in [0.717, 1.165) is 12.5 Å². The Morgan fingerprint density at radius 2 is 2.33 bits per heavy atom. The molecule has 1 saturated carbocycles. The Hall–Kier alpha value is -0.570. The molecule has 12 heavy (non-hydrogen) atoms. The molecule has 2 N–H and O–H groups in total. The van der Waals surface area contributed by atoms with Crippen LogP contribution in [-0.2, 0) is 4.79 Å². The van der Waals surface area contributed by atoms with Crippen LogP contribution in [0.1, 0.15) is 26.2 Å². The van der Waals surface area contributed by atoms with Crippen molar-refractivity contribution in [1.82, 2.24) is 5.32 Å². The number of rotatable bonds is 4. The first kappa shape index (κ1) is 9.52. The molecule has 1 aliphatic rings. The third-order valence-electron chi connectivity index (χ3n) is 2.72. The second-order valence-corrected chi connectivity index (χ2v) is 3.69. The number of carbonyl (C=O) groups is 1. The minimum absolute atomic E-state index is 0.100. The summed E-state index contributed by atoms with van der Waals surface area (Å²) in [5.41, 5.74) is 0. The van der Waals surface area contributed by atoms with Crippen LogP contribution >= 0.6 is 0 Å². The molecule has 1 aliphatic carbocycles. The van der Waals surface area contributed by atoms with E-state index in [1.165, 1.54) is 19.3 Å². The Labute approximate surface area is 73.2 Å². The van der Waals surface area contributed by atoms with Crippen molar-refractivity contribution in [2.45, 2.75) is 26.2 Å². The van der Waals surface area contributed by atoms with Crippen molar-refractivity contribution in [2.24, 2.45) is 11.8 Å². The van der Waals surface area contributed by atoms with Crippen LogP contribution in [0.4, 0.5) is 0 Å². The predicted molar refractivity (Wildman–Crippen MR) is 47.0 cm³/mol. The van der Waals surface area contributed by atoms with E-state index >= 15 is 0 Å². The fraction of sp³-hybridized carbons (Fsp3) is 0.889. The molecular weight excluding hydrogens is 154 g/mol. The van der Waals surface area contributed by atoms with E-state index in [-0.39, 0.29) is 6.54 Å². The van der Waals surface area contributed by atoms with Gasteiger partial charge < -0.3 is 10.4 Å². The summed E-state index contributed by atoms with van der Waals surface area (Å²) >= 11 is 0. The quantitative estimate of drug-likeness (QED) is 0.666. The summed E-state index contributed by atoms with van der Waals surface area (Å²) in [5.74, 6) is 0.705. The number of carboxylic acids is 1. The molecule has 70 valence electrons. The highest BCUT2D eigenvalue weighted by Crippen LogP contribution is 2.30. The number of hydrogen-bond acceptors (Lipinski definition) is 2. The van der Waals surface area contributed by atoms with E-state index in [2.05, 4.69) is 12.2 Å². The summed E-state index contributed by atoms with van der Waals surface area (Å²) in [4.78, 5) is 10.2. The third kappa shape index (κ3) is 2.81. The van der Waals surface area contributed by atoms with Gasteiger partial charge in [0.15, 0.2) is 0 Å². The average molecular weight is 171 g/mol. The second-order valence-electron chi connectivity index (χ2n) is 3.69. The number of carboxylic acid groups (broad SMARTS) is 1. The fourth-order valence-corrected chi connectivity index (χ4v) is 1.89. The highest BCUT2D eigenvalue weighted by molar-refractivity contribution is 5.68. The monoisotopic (exact) mass is 171 g/mol. The van der Waals surface area contributed by atoms with E-state index in [0.29, 0.717) is 5.92 Å². The van der Waals surface area contributed by atoms with E-state index in [1.54, 1.807) is 0 Å². The van der Waals surface area contributed by atoms with Gasteiger partial charge in [-0.05, 0) is 24.8 Å². The molecule has 1 rings (SSSR count). The van der Waals surface area contributed by atoms with Crippen LogP contribution in [0.2, 0.25) is 0 Å². The summed E-state index contributed by atoms with van der Waals surface area (Å²) in [7, 11) is 0. The Morgan fingerprint density at radius 1 is 1.58 bits per heavy atom. The zero-order valence-corrected chi connectivity index (χ0v) is 7.55. The molecule has 0 aromatic heterocycles. The Balaban J connectivity index is 2.10. The van der Waals surface area contributed by atoms with Crippen LogP contribution in [0.3, 0.4) is 0 Å². The lowest BCUT2D eigenvalue weighted by Gasteiger charge is -2.14. The van der Waals surface area contributed by atoms with Crippen molar-refractivity contribution >= 4 is 5.97 Å². The minimum atomic E-state index is -0.763. The lowest BCUT2D eigenvalue weighted by Crippen LogP contribution is -2.29. The summed E-state index contributed by atoms with van der Waals surface area (Å²) in [6, 6.07) is 0. The third-order valence-corrected chi connectivity index (χ3v) is 2.72. The van der Waals surface area contributed by atoms with Gasteiger partial charge in [0.2, 0.25) is 0 Å². The van der Waals surface area contributed by atoms with Gasteiger partial charge >= 0.3 is 5.97 Å². The van der Waals surface area contributed by atoms with Gasteiger partial charge in [0.25, 0.3) is 0 Å². The molecule has 2 unspecified atom stereocenters. The van der Waals surface area contributed by atoms with Crippen LogP contribution in [0.15, 0.2) is 0 Å². The van der Waals surface area contributed by atoms with Gasteiger partial charge in [-0.25, -0.2) is 0 Å². The van der Waals surface area contributed by atoms with E-state index in [1.807, 2.05) is 0 Å². The molecule has 1 fully saturated rings. The maximum atomic E-state index is 10.2. The molecule has 0 heterocycles. The highest BCUT2D eigenvalue weighted by atomic mass is 16.4. The normalized spacial score (nSPS) is 29.1. The molecule has 3 nitrogen and oxygen atoms in total. The molecule has 0 bridgehead atoms. The van der Waals surface area contributed by atoms with E-state index in [4.69, 9.17) is 5.11 Å². The Kier molecular flexibility index (Phi) is 3.53. The predicted octanol–water partition coefficient (Wildman–Crippen LogP) is 1.10. The standard InChI is InChI=1S/C9H17NO2/c1-7-3-2-4-8(7)5-10-6-9(11)12/h7-8,10H,2-6H2,1H3,(H,11,12).